The van der Waals surface area contributed by atoms with Crippen LogP contribution in [0, 0.1) is 0 Å². The second-order valence-electron chi connectivity index (χ2n) is 4.23. The summed E-state index contributed by atoms with van der Waals surface area (Å²) in [6.45, 7) is 4.54. The quantitative estimate of drug-likeness (QED) is 0.820. The highest BCUT2D eigenvalue weighted by atomic mass is 16.3. The van der Waals surface area contributed by atoms with E-state index in [1.165, 1.54) is 25.9 Å². The predicted molar refractivity (Wildman–Crippen MR) is 61.9 cm³/mol. The van der Waals surface area contributed by atoms with Crippen LogP contribution in [0.25, 0.3) is 0 Å². The molecule has 0 spiro atoms. The van der Waals surface area contributed by atoms with Crippen LogP contribution in [0.1, 0.15) is 37.8 Å². The van der Waals surface area contributed by atoms with Crippen LogP contribution in [-0.4, -0.2) is 23.1 Å². The second-order valence-corrected chi connectivity index (χ2v) is 4.23. The van der Waals surface area contributed by atoms with Crippen LogP contribution in [-0.2, 0) is 0 Å². The number of hydrogen-bond donors (Lipinski definition) is 1. The Kier molecular flexibility index (Phi) is 3.27. The Morgan fingerprint density at radius 2 is 1.93 bits per heavy atom. The molecule has 2 nitrogen and oxygen atoms in total. The molecule has 2 rings (SSSR count). The average Bonchev–Trinajstić information content (AvgIpc) is 2.75. The highest BCUT2D eigenvalue weighted by molar-refractivity contribution is 5.34. The zero-order valence-electron chi connectivity index (χ0n) is 9.32. The molecule has 1 N–H and O–H groups in total. The monoisotopic (exact) mass is 205 g/mol. The van der Waals surface area contributed by atoms with Crippen LogP contribution in [0.2, 0.25) is 0 Å². The van der Waals surface area contributed by atoms with Crippen molar-refractivity contribution in [1.82, 2.24) is 4.90 Å². The standard InChI is InChI=1S/C13H19NO/c1-2-12(14-9-5-6-10-14)11-7-3-4-8-13(11)15/h3-4,7-8,12,15H,2,5-6,9-10H2,1H3. The first-order chi connectivity index (χ1) is 7.33. The molecular formula is C13H19NO. The zero-order valence-corrected chi connectivity index (χ0v) is 9.32. The third-order valence-electron chi connectivity index (χ3n) is 3.26. The molecule has 1 aliphatic rings. The van der Waals surface area contributed by atoms with Gasteiger partial charge >= 0.3 is 0 Å². The Morgan fingerprint density at radius 3 is 2.53 bits per heavy atom. The maximum absolute atomic E-state index is 9.85. The van der Waals surface area contributed by atoms with Gasteiger partial charge in [0.2, 0.25) is 0 Å². The van der Waals surface area contributed by atoms with Crippen molar-refractivity contribution in [2.75, 3.05) is 13.1 Å². The molecule has 2 heteroatoms. The lowest BCUT2D eigenvalue weighted by atomic mass is 10.0. The van der Waals surface area contributed by atoms with Crippen LogP contribution in [0.5, 0.6) is 5.75 Å². The first-order valence-corrected chi connectivity index (χ1v) is 5.85. The van der Waals surface area contributed by atoms with E-state index in [1.807, 2.05) is 18.2 Å². The van der Waals surface area contributed by atoms with Gasteiger partial charge in [0.15, 0.2) is 0 Å². The highest BCUT2D eigenvalue weighted by Crippen LogP contribution is 2.32. The lowest BCUT2D eigenvalue weighted by Crippen LogP contribution is -2.25. The summed E-state index contributed by atoms with van der Waals surface area (Å²) in [5.41, 5.74) is 1.09. The van der Waals surface area contributed by atoms with E-state index in [1.54, 1.807) is 6.07 Å². The Hall–Kier alpha value is -1.02. The van der Waals surface area contributed by atoms with Crippen molar-refractivity contribution in [2.24, 2.45) is 0 Å². The molecule has 0 amide bonds. The van der Waals surface area contributed by atoms with E-state index in [0.29, 0.717) is 11.8 Å². The van der Waals surface area contributed by atoms with E-state index in [4.69, 9.17) is 0 Å². The van der Waals surface area contributed by atoms with E-state index < -0.39 is 0 Å². The number of benzene rings is 1. The van der Waals surface area contributed by atoms with E-state index in [9.17, 15) is 5.11 Å². The summed E-state index contributed by atoms with van der Waals surface area (Å²) in [7, 11) is 0. The molecule has 82 valence electrons. The van der Waals surface area contributed by atoms with Gasteiger partial charge in [0, 0.05) is 11.6 Å². The molecule has 1 saturated heterocycles. The topological polar surface area (TPSA) is 23.5 Å². The fourth-order valence-corrected chi connectivity index (χ4v) is 2.50. The second kappa shape index (κ2) is 4.67. The van der Waals surface area contributed by atoms with Crippen LogP contribution in [0.15, 0.2) is 24.3 Å². The third kappa shape index (κ3) is 2.15. The van der Waals surface area contributed by atoms with Crippen molar-refractivity contribution in [3.05, 3.63) is 29.8 Å². The number of phenols is 1. The van der Waals surface area contributed by atoms with Gasteiger partial charge < -0.3 is 5.11 Å². The molecule has 0 radical (unpaired) electrons. The van der Waals surface area contributed by atoms with Gasteiger partial charge in [-0.3, -0.25) is 4.90 Å². The molecule has 1 aromatic carbocycles. The molecule has 1 aromatic rings. The molecule has 15 heavy (non-hydrogen) atoms. The number of hydrogen-bond acceptors (Lipinski definition) is 2. The SMILES string of the molecule is CCC(c1ccccc1O)N1CCCC1. The summed E-state index contributed by atoms with van der Waals surface area (Å²) in [6, 6.07) is 8.12. The third-order valence-corrected chi connectivity index (χ3v) is 3.26. The fourth-order valence-electron chi connectivity index (χ4n) is 2.50. The van der Waals surface area contributed by atoms with E-state index >= 15 is 0 Å². The molecular weight excluding hydrogens is 186 g/mol. The lowest BCUT2D eigenvalue weighted by molar-refractivity contribution is 0.234. The molecule has 0 aromatic heterocycles. The summed E-state index contributed by atoms with van der Waals surface area (Å²) in [4.78, 5) is 2.48. The first-order valence-electron chi connectivity index (χ1n) is 5.85. The fraction of sp³-hybridized carbons (Fsp3) is 0.538. The Bertz CT molecular complexity index is 318. The van der Waals surface area contributed by atoms with Crippen LogP contribution < -0.4 is 0 Å². The average molecular weight is 205 g/mol. The number of aromatic hydroxyl groups is 1. The molecule has 0 aliphatic carbocycles. The predicted octanol–water partition coefficient (Wildman–Crippen LogP) is 2.94. The largest absolute Gasteiger partial charge is 0.508 e. The van der Waals surface area contributed by atoms with Gasteiger partial charge in [-0.25, -0.2) is 0 Å². The normalized spacial score (nSPS) is 19.3. The first kappa shape index (κ1) is 10.5. The van der Waals surface area contributed by atoms with E-state index in [0.717, 1.165) is 12.0 Å². The van der Waals surface area contributed by atoms with Gasteiger partial charge in [0.1, 0.15) is 5.75 Å². The van der Waals surface area contributed by atoms with Crippen molar-refractivity contribution in [3.63, 3.8) is 0 Å². The molecule has 1 heterocycles. The van der Waals surface area contributed by atoms with Crippen LogP contribution in [0.4, 0.5) is 0 Å². The van der Waals surface area contributed by atoms with Gasteiger partial charge in [-0.05, 0) is 38.4 Å². The smallest absolute Gasteiger partial charge is 0.120 e. The van der Waals surface area contributed by atoms with E-state index in [-0.39, 0.29) is 0 Å². The highest BCUT2D eigenvalue weighted by Gasteiger charge is 2.23. The van der Waals surface area contributed by atoms with Crippen molar-refractivity contribution in [2.45, 2.75) is 32.2 Å². The minimum absolute atomic E-state index is 0.397. The van der Waals surface area contributed by atoms with Crippen molar-refractivity contribution in [1.29, 1.82) is 0 Å². The van der Waals surface area contributed by atoms with Crippen molar-refractivity contribution >= 4 is 0 Å². The van der Waals surface area contributed by atoms with Crippen molar-refractivity contribution < 1.29 is 5.11 Å². The Morgan fingerprint density at radius 1 is 1.27 bits per heavy atom. The van der Waals surface area contributed by atoms with Gasteiger partial charge in [-0.2, -0.15) is 0 Å². The summed E-state index contributed by atoms with van der Waals surface area (Å²) in [5.74, 6) is 0.441. The number of rotatable bonds is 3. The van der Waals surface area contributed by atoms with Gasteiger partial charge in [0.25, 0.3) is 0 Å². The maximum Gasteiger partial charge on any atom is 0.120 e. The summed E-state index contributed by atoms with van der Waals surface area (Å²) >= 11 is 0. The summed E-state index contributed by atoms with van der Waals surface area (Å²) < 4.78 is 0. The number of para-hydroxylation sites is 1. The van der Waals surface area contributed by atoms with Crippen LogP contribution in [0.3, 0.4) is 0 Å². The molecule has 0 bridgehead atoms. The number of nitrogens with zero attached hydrogens (tertiary/aromatic N) is 1. The molecule has 1 aliphatic heterocycles. The van der Waals surface area contributed by atoms with Crippen molar-refractivity contribution in [3.8, 4) is 5.75 Å². The lowest BCUT2D eigenvalue weighted by Gasteiger charge is -2.27. The summed E-state index contributed by atoms with van der Waals surface area (Å²) in [6.07, 6.45) is 3.66. The minimum Gasteiger partial charge on any atom is -0.508 e. The molecule has 0 saturated carbocycles. The molecule has 1 fully saturated rings. The summed E-state index contributed by atoms with van der Waals surface area (Å²) in [5, 5.41) is 9.85. The molecule has 1 unspecified atom stereocenters. The number of likely N-dealkylation sites (tertiary alicyclic amines) is 1. The van der Waals surface area contributed by atoms with Crippen LogP contribution >= 0.6 is 0 Å². The maximum atomic E-state index is 9.85. The van der Waals surface area contributed by atoms with Gasteiger partial charge in [-0.15, -0.1) is 0 Å². The van der Waals surface area contributed by atoms with Gasteiger partial charge in [0.05, 0.1) is 0 Å². The number of phenolic OH excluding ortho intramolecular Hbond substituents is 1. The zero-order chi connectivity index (χ0) is 10.7. The minimum atomic E-state index is 0.397. The van der Waals surface area contributed by atoms with Gasteiger partial charge in [-0.1, -0.05) is 25.1 Å². The molecule has 1 atom stereocenters. The Labute approximate surface area is 91.5 Å². The van der Waals surface area contributed by atoms with E-state index in [2.05, 4.69) is 11.8 Å². The Balaban J connectivity index is 2.22.